The van der Waals surface area contributed by atoms with Crippen molar-refractivity contribution >= 4 is 11.7 Å². The van der Waals surface area contributed by atoms with Crippen molar-refractivity contribution in [3.63, 3.8) is 0 Å². The number of hydrogen-bond donors (Lipinski definition) is 1. The number of rotatable bonds is 10. The predicted octanol–water partition coefficient (Wildman–Crippen LogP) is 2.61. The van der Waals surface area contributed by atoms with Gasteiger partial charge in [-0.05, 0) is 36.2 Å². The lowest BCUT2D eigenvalue weighted by molar-refractivity contribution is -0.129. The number of nitrogens with zero attached hydrogens (tertiary/aromatic N) is 2. The summed E-state index contributed by atoms with van der Waals surface area (Å²) >= 11 is 0. The van der Waals surface area contributed by atoms with Gasteiger partial charge in [-0.15, -0.1) is 0 Å². The van der Waals surface area contributed by atoms with E-state index in [-0.39, 0.29) is 11.3 Å². The third-order valence-corrected chi connectivity index (χ3v) is 6.27. The van der Waals surface area contributed by atoms with Crippen molar-refractivity contribution in [3.05, 3.63) is 53.2 Å². The Balaban J connectivity index is 1.71. The van der Waals surface area contributed by atoms with Gasteiger partial charge in [-0.25, -0.2) is 0 Å². The summed E-state index contributed by atoms with van der Waals surface area (Å²) in [6.45, 7) is 4.11. The fraction of sp³-hybridized carbons (Fsp3) is 0.440. The summed E-state index contributed by atoms with van der Waals surface area (Å²) in [6, 6.07) is 5.58. The summed E-state index contributed by atoms with van der Waals surface area (Å²) in [5, 5.41) is 10.8. The molecule has 0 unspecified atom stereocenters. The first-order chi connectivity index (χ1) is 17.0. The molecule has 1 aromatic heterocycles. The maximum atomic E-state index is 13.3. The van der Waals surface area contributed by atoms with Gasteiger partial charge < -0.3 is 33.4 Å². The van der Waals surface area contributed by atoms with Crippen LogP contribution in [0, 0.1) is 0 Å². The smallest absolute Gasteiger partial charge is 0.290 e. The van der Waals surface area contributed by atoms with Gasteiger partial charge >= 0.3 is 0 Å². The number of methoxy groups -OCH3 is 3. The van der Waals surface area contributed by atoms with Crippen molar-refractivity contribution in [1.29, 1.82) is 0 Å². The molecule has 0 spiro atoms. The summed E-state index contributed by atoms with van der Waals surface area (Å²) < 4.78 is 27.1. The van der Waals surface area contributed by atoms with E-state index in [0.717, 1.165) is 19.6 Å². The number of aliphatic hydroxyl groups is 1. The van der Waals surface area contributed by atoms with E-state index >= 15 is 0 Å². The zero-order chi connectivity index (χ0) is 24.9. The number of carbonyl (C=O) groups is 2. The van der Waals surface area contributed by atoms with Gasteiger partial charge in [0.05, 0.1) is 52.4 Å². The third-order valence-electron chi connectivity index (χ3n) is 6.27. The van der Waals surface area contributed by atoms with Crippen LogP contribution in [0.5, 0.6) is 17.2 Å². The van der Waals surface area contributed by atoms with Gasteiger partial charge in [0.1, 0.15) is 0 Å². The maximum Gasteiger partial charge on any atom is 0.290 e. The van der Waals surface area contributed by atoms with E-state index in [1.165, 1.54) is 38.6 Å². The highest BCUT2D eigenvalue weighted by atomic mass is 16.5. The first-order valence-corrected chi connectivity index (χ1v) is 11.4. The first kappa shape index (κ1) is 24.6. The van der Waals surface area contributed by atoms with Crippen molar-refractivity contribution in [1.82, 2.24) is 9.80 Å². The summed E-state index contributed by atoms with van der Waals surface area (Å²) in [6.07, 6.45) is 2.03. The van der Waals surface area contributed by atoms with E-state index in [1.54, 1.807) is 18.2 Å². The van der Waals surface area contributed by atoms with Gasteiger partial charge in [0.15, 0.2) is 23.0 Å². The molecule has 0 aliphatic carbocycles. The van der Waals surface area contributed by atoms with E-state index in [1.807, 2.05) is 0 Å². The molecule has 1 amide bonds. The number of hydrogen-bond acceptors (Lipinski definition) is 9. The Hall–Kier alpha value is -3.50. The molecule has 0 bridgehead atoms. The van der Waals surface area contributed by atoms with Crippen LogP contribution >= 0.6 is 0 Å². The van der Waals surface area contributed by atoms with E-state index < -0.39 is 23.5 Å². The minimum Gasteiger partial charge on any atom is -0.503 e. The molecule has 2 aliphatic rings. The number of carbonyl (C=O) groups excluding carboxylic acids is 2. The van der Waals surface area contributed by atoms with Gasteiger partial charge in [-0.2, -0.15) is 0 Å². The van der Waals surface area contributed by atoms with Gasteiger partial charge in [-0.3, -0.25) is 14.5 Å². The number of ether oxygens (including phenoxy) is 4. The van der Waals surface area contributed by atoms with Crippen molar-refractivity contribution in [3.8, 4) is 17.2 Å². The Kier molecular flexibility index (Phi) is 7.62. The lowest BCUT2D eigenvalue weighted by atomic mass is 9.94. The number of Topliss-reactive ketones (excluding diaryl/α,β-unsaturated/α-hetero) is 1. The van der Waals surface area contributed by atoms with Crippen LogP contribution in [0.25, 0.3) is 0 Å². The molecule has 10 heteroatoms. The Bertz CT molecular complexity index is 1060. The fourth-order valence-corrected chi connectivity index (χ4v) is 4.55. The van der Waals surface area contributed by atoms with Crippen LogP contribution in [0.1, 0.15) is 28.6 Å². The Labute approximate surface area is 203 Å². The highest BCUT2D eigenvalue weighted by Gasteiger charge is 2.44. The second kappa shape index (κ2) is 10.8. The van der Waals surface area contributed by atoms with Crippen LogP contribution in [0.3, 0.4) is 0 Å². The summed E-state index contributed by atoms with van der Waals surface area (Å²) in [7, 11) is 4.47. The number of furan rings is 1. The molecular formula is C25H30N2O8. The summed E-state index contributed by atoms with van der Waals surface area (Å²) in [5.74, 6) is -0.592. The van der Waals surface area contributed by atoms with Crippen LogP contribution in [0.4, 0.5) is 0 Å². The highest BCUT2D eigenvalue weighted by molar-refractivity contribution is 6.15. The SMILES string of the molecule is COc1cc([C@H]2C(C(=O)c3ccco3)=C(O)C(=O)N2CCCN2CCOCC2)cc(OC)c1OC. The second-order valence-corrected chi connectivity index (χ2v) is 8.24. The van der Waals surface area contributed by atoms with E-state index in [2.05, 4.69) is 4.90 Å². The molecule has 0 radical (unpaired) electrons. The average molecular weight is 487 g/mol. The van der Waals surface area contributed by atoms with E-state index in [9.17, 15) is 14.7 Å². The molecule has 3 heterocycles. The number of benzene rings is 1. The summed E-state index contributed by atoms with van der Waals surface area (Å²) in [5.41, 5.74) is 0.490. The Morgan fingerprint density at radius 2 is 1.77 bits per heavy atom. The molecule has 4 rings (SSSR count). The molecule has 1 saturated heterocycles. The lowest BCUT2D eigenvalue weighted by Crippen LogP contribution is -2.39. The van der Waals surface area contributed by atoms with Gasteiger partial charge in [0.2, 0.25) is 11.5 Å². The zero-order valence-corrected chi connectivity index (χ0v) is 20.1. The Morgan fingerprint density at radius 1 is 1.09 bits per heavy atom. The van der Waals surface area contributed by atoms with Crippen LogP contribution in [0.15, 0.2) is 46.3 Å². The maximum absolute atomic E-state index is 13.3. The largest absolute Gasteiger partial charge is 0.503 e. The van der Waals surface area contributed by atoms with E-state index in [0.29, 0.717) is 49.0 Å². The minimum absolute atomic E-state index is 0.0342. The molecule has 188 valence electrons. The van der Waals surface area contributed by atoms with Gasteiger partial charge in [0.25, 0.3) is 5.91 Å². The molecule has 1 aromatic carbocycles. The molecule has 2 aromatic rings. The van der Waals surface area contributed by atoms with Gasteiger partial charge in [-0.1, -0.05) is 0 Å². The quantitative estimate of drug-likeness (QED) is 0.507. The van der Waals surface area contributed by atoms with Crippen LogP contribution in [-0.2, 0) is 9.53 Å². The summed E-state index contributed by atoms with van der Waals surface area (Å²) in [4.78, 5) is 30.3. The van der Waals surface area contributed by atoms with Crippen LogP contribution in [0.2, 0.25) is 0 Å². The van der Waals surface area contributed by atoms with Crippen molar-refractivity contribution in [2.24, 2.45) is 0 Å². The number of morpholine rings is 1. The molecule has 1 fully saturated rings. The minimum atomic E-state index is -0.863. The molecule has 1 atom stereocenters. The molecule has 1 N–H and O–H groups in total. The highest BCUT2D eigenvalue weighted by Crippen LogP contribution is 2.45. The molecular weight excluding hydrogens is 456 g/mol. The molecule has 2 aliphatic heterocycles. The zero-order valence-electron chi connectivity index (χ0n) is 20.1. The van der Waals surface area contributed by atoms with Crippen molar-refractivity contribution in [2.45, 2.75) is 12.5 Å². The molecule has 0 saturated carbocycles. The van der Waals surface area contributed by atoms with Crippen LogP contribution in [-0.4, -0.2) is 87.3 Å². The lowest BCUT2D eigenvalue weighted by Gasteiger charge is -2.30. The van der Waals surface area contributed by atoms with Crippen molar-refractivity contribution < 1.29 is 38.1 Å². The number of ketones is 1. The predicted molar refractivity (Wildman–Crippen MR) is 125 cm³/mol. The normalized spacial score (nSPS) is 18.8. The Morgan fingerprint density at radius 3 is 2.34 bits per heavy atom. The van der Waals surface area contributed by atoms with Gasteiger partial charge in [0, 0.05) is 26.2 Å². The van der Waals surface area contributed by atoms with E-state index in [4.69, 9.17) is 23.4 Å². The van der Waals surface area contributed by atoms with Crippen LogP contribution < -0.4 is 14.2 Å². The molecule has 10 nitrogen and oxygen atoms in total. The average Bonchev–Trinajstić information content (AvgIpc) is 3.51. The molecule has 35 heavy (non-hydrogen) atoms. The fourth-order valence-electron chi connectivity index (χ4n) is 4.55. The van der Waals surface area contributed by atoms with Crippen molar-refractivity contribution in [2.75, 3.05) is 60.7 Å². The second-order valence-electron chi connectivity index (χ2n) is 8.24. The monoisotopic (exact) mass is 486 g/mol. The third kappa shape index (κ3) is 4.85. The number of aliphatic hydroxyl groups excluding tert-OH is 1. The standard InChI is InChI=1S/C25H30N2O8/c1-31-18-14-16(15-19(32-2)24(18)33-3)21-20(22(28)17-6-4-11-35-17)23(29)25(30)27(21)8-5-7-26-9-12-34-13-10-26/h4,6,11,14-15,21,29H,5,7-10,12-13H2,1-3H3/t21-/m0/s1. The number of amides is 1. The topological polar surface area (TPSA) is 111 Å². The first-order valence-electron chi connectivity index (χ1n) is 11.4.